The van der Waals surface area contributed by atoms with Crippen LogP contribution in [0.15, 0.2) is 36.5 Å². The van der Waals surface area contributed by atoms with Crippen LogP contribution in [0.25, 0.3) is 5.65 Å². The Bertz CT molecular complexity index is 750. The molecular weight excluding hydrogens is 317 g/mol. The fraction of sp³-hybridized carbons (Fsp3) is 0.143. The second-order valence-electron chi connectivity index (χ2n) is 4.40. The van der Waals surface area contributed by atoms with Gasteiger partial charge in [-0.05, 0) is 24.1 Å². The van der Waals surface area contributed by atoms with Crippen molar-refractivity contribution in [2.45, 2.75) is 12.8 Å². The third-order valence-corrected chi connectivity index (χ3v) is 3.76. The first-order chi connectivity index (χ1) is 9.63. The first-order valence-corrected chi connectivity index (χ1v) is 7.20. The molecule has 2 heterocycles. The highest BCUT2D eigenvalue weighted by Gasteiger charge is 2.09. The Balaban J connectivity index is 1.86. The van der Waals surface area contributed by atoms with Gasteiger partial charge in [0.1, 0.15) is 16.1 Å². The van der Waals surface area contributed by atoms with Gasteiger partial charge >= 0.3 is 0 Å². The molecule has 0 radical (unpaired) electrons. The molecule has 3 rings (SSSR count). The Morgan fingerprint density at radius 1 is 1.00 bits per heavy atom. The van der Waals surface area contributed by atoms with E-state index in [-0.39, 0.29) is 0 Å². The number of fused-ring (bicyclic) bond motifs is 1. The summed E-state index contributed by atoms with van der Waals surface area (Å²) in [5.41, 5.74) is 1.86. The molecular formula is C14H10Cl3N3. The first kappa shape index (κ1) is 13.7. The SMILES string of the molecule is Clc1ccc(CCc2ncc3nc(Cl)cc(Cl)n23)cc1. The summed E-state index contributed by atoms with van der Waals surface area (Å²) < 4.78 is 1.81. The van der Waals surface area contributed by atoms with Gasteiger partial charge in [-0.25, -0.2) is 9.97 Å². The standard InChI is InChI=1S/C14H10Cl3N3/c15-10-4-1-9(2-5-10)3-6-13-18-8-14-19-11(16)7-12(17)20(13)14/h1-2,4-5,7-8H,3,6H2. The average molecular weight is 327 g/mol. The zero-order valence-electron chi connectivity index (χ0n) is 10.4. The molecule has 0 aliphatic carbocycles. The predicted molar refractivity (Wildman–Crippen MR) is 81.9 cm³/mol. The summed E-state index contributed by atoms with van der Waals surface area (Å²) >= 11 is 17.9. The summed E-state index contributed by atoms with van der Waals surface area (Å²) in [7, 11) is 0. The first-order valence-electron chi connectivity index (χ1n) is 6.06. The number of hydrogen-bond donors (Lipinski definition) is 0. The highest BCUT2D eigenvalue weighted by atomic mass is 35.5. The lowest BCUT2D eigenvalue weighted by atomic mass is 10.1. The van der Waals surface area contributed by atoms with Gasteiger partial charge in [0.15, 0.2) is 5.65 Å². The normalized spacial score (nSPS) is 11.2. The molecule has 0 spiro atoms. The molecule has 0 N–H and O–H groups in total. The molecule has 3 aromatic rings. The maximum Gasteiger partial charge on any atom is 0.159 e. The van der Waals surface area contributed by atoms with Crippen molar-refractivity contribution >= 4 is 40.4 Å². The molecule has 0 aliphatic heterocycles. The highest BCUT2D eigenvalue weighted by molar-refractivity contribution is 6.33. The van der Waals surface area contributed by atoms with Crippen LogP contribution in [0.5, 0.6) is 0 Å². The van der Waals surface area contributed by atoms with Crippen LogP contribution < -0.4 is 0 Å². The van der Waals surface area contributed by atoms with Crippen LogP contribution in [0.4, 0.5) is 0 Å². The molecule has 0 saturated carbocycles. The van der Waals surface area contributed by atoms with E-state index in [1.807, 2.05) is 28.7 Å². The maximum absolute atomic E-state index is 6.19. The number of halogens is 3. The van der Waals surface area contributed by atoms with Crippen LogP contribution in [-0.4, -0.2) is 14.4 Å². The van der Waals surface area contributed by atoms with Crippen LogP contribution >= 0.6 is 34.8 Å². The number of aromatic nitrogens is 3. The third-order valence-electron chi connectivity index (χ3n) is 3.04. The van der Waals surface area contributed by atoms with Gasteiger partial charge in [0.2, 0.25) is 0 Å². The summed E-state index contributed by atoms with van der Waals surface area (Å²) in [5.74, 6) is 0.865. The third kappa shape index (κ3) is 2.75. The fourth-order valence-electron chi connectivity index (χ4n) is 2.08. The van der Waals surface area contributed by atoms with Crippen molar-refractivity contribution in [2.75, 3.05) is 0 Å². The number of imidazole rings is 1. The molecule has 0 fully saturated rings. The van der Waals surface area contributed by atoms with Gasteiger partial charge in [-0.2, -0.15) is 0 Å². The summed E-state index contributed by atoms with van der Waals surface area (Å²) in [6.45, 7) is 0. The molecule has 0 atom stereocenters. The van der Waals surface area contributed by atoms with Crippen molar-refractivity contribution in [3.05, 3.63) is 63.2 Å². The molecule has 1 aromatic carbocycles. The Morgan fingerprint density at radius 2 is 1.75 bits per heavy atom. The zero-order chi connectivity index (χ0) is 14.1. The van der Waals surface area contributed by atoms with E-state index in [1.165, 1.54) is 5.56 Å². The molecule has 0 saturated heterocycles. The molecule has 20 heavy (non-hydrogen) atoms. The minimum Gasteiger partial charge on any atom is -0.271 e. The van der Waals surface area contributed by atoms with Crippen molar-refractivity contribution in [2.24, 2.45) is 0 Å². The van der Waals surface area contributed by atoms with E-state index in [0.29, 0.717) is 16.0 Å². The fourth-order valence-corrected chi connectivity index (χ4v) is 2.74. The van der Waals surface area contributed by atoms with Crippen molar-refractivity contribution in [1.29, 1.82) is 0 Å². The summed E-state index contributed by atoms with van der Waals surface area (Å²) in [5, 5.41) is 1.62. The van der Waals surface area contributed by atoms with Gasteiger partial charge in [-0.15, -0.1) is 0 Å². The molecule has 2 aromatic heterocycles. The summed E-state index contributed by atoms with van der Waals surface area (Å²) in [4.78, 5) is 8.55. The van der Waals surface area contributed by atoms with E-state index in [2.05, 4.69) is 9.97 Å². The van der Waals surface area contributed by atoms with Gasteiger partial charge in [-0.3, -0.25) is 4.40 Å². The smallest absolute Gasteiger partial charge is 0.159 e. The van der Waals surface area contributed by atoms with Crippen LogP contribution in [0.1, 0.15) is 11.4 Å². The molecule has 0 aliphatic rings. The monoisotopic (exact) mass is 325 g/mol. The van der Waals surface area contributed by atoms with Gasteiger partial charge in [-0.1, -0.05) is 46.9 Å². The predicted octanol–water partition coefficient (Wildman–Crippen LogP) is 4.47. The van der Waals surface area contributed by atoms with Crippen molar-refractivity contribution in [1.82, 2.24) is 14.4 Å². The minimum absolute atomic E-state index is 0.367. The van der Waals surface area contributed by atoms with Crippen molar-refractivity contribution < 1.29 is 0 Å². The van der Waals surface area contributed by atoms with Gasteiger partial charge < -0.3 is 0 Å². The van der Waals surface area contributed by atoms with Crippen molar-refractivity contribution in [3.63, 3.8) is 0 Å². The number of aryl methyl sites for hydroxylation is 2. The largest absolute Gasteiger partial charge is 0.271 e. The molecule has 6 heteroatoms. The topological polar surface area (TPSA) is 30.2 Å². The highest BCUT2D eigenvalue weighted by Crippen LogP contribution is 2.19. The Labute approximate surface area is 131 Å². The lowest BCUT2D eigenvalue weighted by Gasteiger charge is -2.04. The summed E-state index contributed by atoms with van der Waals surface area (Å²) in [6.07, 6.45) is 3.29. The zero-order valence-corrected chi connectivity index (χ0v) is 12.6. The van der Waals surface area contributed by atoms with E-state index in [1.54, 1.807) is 12.3 Å². The maximum atomic E-state index is 6.19. The van der Waals surface area contributed by atoms with E-state index in [4.69, 9.17) is 34.8 Å². The van der Waals surface area contributed by atoms with Crippen molar-refractivity contribution in [3.8, 4) is 0 Å². The van der Waals surface area contributed by atoms with Gasteiger partial charge in [0.05, 0.1) is 6.20 Å². The van der Waals surface area contributed by atoms with Gasteiger partial charge in [0, 0.05) is 17.5 Å². The molecule has 102 valence electrons. The number of hydrogen-bond acceptors (Lipinski definition) is 2. The lowest BCUT2D eigenvalue weighted by Crippen LogP contribution is -2.00. The second-order valence-corrected chi connectivity index (χ2v) is 5.61. The Hall–Kier alpha value is -1.29. The Kier molecular flexibility index (Phi) is 3.83. The average Bonchev–Trinajstić information content (AvgIpc) is 2.81. The van der Waals surface area contributed by atoms with Crippen LogP contribution in [0.2, 0.25) is 15.3 Å². The quantitative estimate of drug-likeness (QED) is 0.665. The van der Waals surface area contributed by atoms with E-state index >= 15 is 0 Å². The molecule has 0 bridgehead atoms. The lowest BCUT2D eigenvalue weighted by molar-refractivity contribution is 0.850. The number of benzene rings is 1. The number of nitrogens with zero attached hydrogens (tertiary/aromatic N) is 3. The molecule has 3 nitrogen and oxygen atoms in total. The van der Waals surface area contributed by atoms with Crippen LogP contribution in [-0.2, 0) is 12.8 Å². The van der Waals surface area contributed by atoms with E-state index in [9.17, 15) is 0 Å². The van der Waals surface area contributed by atoms with E-state index in [0.717, 1.165) is 23.7 Å². The van der Waals surface area contributed by atoms with Crippen LogP contribution in [0.3, 0.4) is 0 Å². The second kappa shape index (κ2) is 5.60. The molecule has 0 amide bonds. The van der Waals surface area contributed by atoms with Crippen LogP contribution in [0, 0.1) is 0 Å². The number of rotatable bonds is 3. The molecule has 0 unspecified atom stereocenters. The Morgan fingerprint density at radius 3 is 2.50 bits per heavy atom. The summed E-state index contributed by atoms with van der Waals surface area (Å²) in [6, 6.07) is 9.40. The van der Waals surface area contributed by atoms with E-state index < -0.39 is 0 Å². The van der Waals surface area contributed by atoms with Gasteiger partial charge in [0.25, 0.3) is 0 Å². The minimum atomic E-state index is 0.367.